The minimum Gasteiger partial charge on any atom is -0.375 e. The van der Waals surface area contributed by atoms with Crippen molar-refractivity contribution in [3.05, 3.63) is 10.6 Å². The second-order valence-corrected chi connectivity index (χ2v) is 4.79. The van der Waals surface area contributed by atoms with E-state index < -0.39 is 0 Å². The summed E-state index contributed by atoms with van der Waals surface area (Å²) in [6.45, 7) is 7.57. The summed E-state index contributed by atoms with van der Waals surface area (Å²) < 4.78 is 0. The van der Waals surface area contributed by atoms with Gasteiger partial charge in [0.1, 0.15) is 4.88 Å². The highest BCUT2D eigenvalue weighted by molar-refractivity contribution is 7.17. The molecule has 1 heterocycles. The van der Waals surface area contributed by atoms with Crippen LogP contribution in [0.5, 0.6) is 0 Å². The third-order valence-electron chi connectivity index (χ3n) is 2.28. The van der Waals surface area contributed by atoms with Gasteiger partial charge in [-0.2, -0.15) is 0 Å². The van der Waals surface area contributed by atoms with E-state index in [1.54, 1.807) is 0 Å². The average Bonchev–Trinajstić information content (AvgIpc) is 2.56. The number of nitrogens with zero attached hydrogens (tertiary/aromatic N) is 2. The molecule has 0 saturated carbocycles. The molecule has 1 aromatic heterocycles. The molecule has 0 fully saturated rings. The lowest BCUT2D eigenvalue weighted by Crippen LogP contribution is -2.32. The van der Waals surface area contributed by atoms with Crippen molar-refractivity contribution >= 4 is 22.4 Å². The van der Waals surface area contributed by atoms with Crippen LogP contribution in [0.4, 0.5) is 5.13 Å². The van der Waals surface area contributed by atoms with Gasteiger partial charge in [0.15, 0.2) is 5.13 Å². The number of nitrogens with two attached hydrogens (primary N) is 1. The zero-order valence-corrected chi connectivity index (χ0v) is 10.9. The maximum atomic E-state index is 12.2. The van der Waals surface area contributed by atoms with Crippen LogP contribution < -0.4 is 5.73 Å². The molecule has 4 nitrogen and oxygen atoms in total. The van der Waals surface area contributed by atoms with Crippen molar-refractivity contribution in [3.63, 3.8) is 0 Å². The summed E-state index contributed by atoms with van der Waals surface area (Å²) in [7, 11) is 0. The highest BCUT2D eigenvalue weighted by Crippen LogP contribution is 2.21. The molecule has 0 atom stereocenters. The maximum Gasteiger partial charge on any atom is 0.265 e. The topological polar surface area (TPSA) is 59.2 Å². The highest BCUT2D eigenvalue weighted by atomic mass is 32.1. The SMILES string of the molecule is CCCN(CCC)C(=O)c1sc(N)nc1C. The third-order valence-corrected chi connectivity index (χ3v) is 3.26. The smallest absolute Gasteiger partial charge is 0.265 e. The van der Waals surface area contributed by atoms with Crippen molar-refractivity contribution in [3.8, 4) is 0 Å². The number of aromatic nitrogens is 1. The van der Waals surface area contributed by atoms with Gasteiger partial charge >= 0.3 is 0 Å². The molecule has 1 amide bonds. The summed E-state index contributed by atoms with van der Waals surface area (Å²) in [5, 5.41) is 0.466. The van der Waals surface area contributed by atoms with Gasteiger partial charge in [-0.1, -0.05) is 25.2 Å². The molecule has 0 spiro atoms. The third kappa shape index (κ3) is 2.95. The number of hydrogen-bond donors (Lipinski definition) is 1. The number of aryl methyl sites for hydroxylation is 1. The fourth-order valence-electron chi connectivity index (χ4n) is 1.61. The monoisotopic (exact) mass is 241 g/mol. The van der Waals surface area contributed by atoms with E-state index in [0.717, 1.165) is 31.6 Å². The Balaban J connectivity index is 2.85. The number of amides is 1. The number of nitrogen functional groups attached to an aromatic ring is 1. The average molecular weight is 241 g/mol. The molecule has 5 heteroatoms. The lowest BCUT2D eigenvalue weighted by atomic mass is 10.3. The molecule has 0 aliphatic rings. The summed E-state index contributed by atoms with van der Waals surface area (Å²) >= 11 is 1.28. The van der Waals surface area contributed by atoms with Crippen LogP contribution in [0, 0.1) is 6.92 Å². The predicted octanol–water partition coefficient (Wildman–Crippen LogP) is 2.30. The van der Waals surface area contributed by atoms with Crippen molar-refractivity contribution in [1.82, 2.24) is 9.88 Å². The van der Waals surface area contributed by atoms with Crippen LogP contribution in [0.1, 0.15) is 42.1 Å². The van der Waals surface area contributed by atoms with E-state index in [4.69, 9.17) is 5.73 Å². The van der Waals surface area contributed by atoms with Gasteiger partial charge in [-0.15, -0.1) is 0 Å². The standard InChI is InChI=1S/C11H19N3OS/c1-4-6-14(7-5-2)10(15)9-8(3)13-11(12)16-9/h4-7H2,1-3H3,(H2,12,13). The van der Waals surface area contributed by atoms with E-state index in [9.17, 15) is 4.79 Å². The second kappa shape index (κ2) is 5.84. The van der Waals surface area contributed by atoms with Gasteiger partial charge in [0, 0.05) is 13.1 Å². The first kappa shape index (κ1) is 13.0. The zero-order valence-electron chi connectivity index (χ0n) is 10.1. The number of rotatable bonds is 5. The molecule has 90 valence electrons. The molecule has 0 aliphatic carbocycles. The van der Waals surface area contributed by atoms with Crippen LogP contribution in [0.2, 0.25) is 0 Å². The Bertz CT molecular complexity index is 356. The molecular weight excluding hydrogens is 222 g/mol. The van der Waals surface area contributed by atoms with E-state index in [1.807, 2.05) is 11.8 Å². The molecule has 16 heavy (non-hydrogen) atoms. The van der Waals surface area contributed by atoms with Crippen LogP contribution in [0.25, 0.3) is 0 Å². The van der Waals surface area contributed by atoms with Crippen molar-refractivity contribution in [1.29, 1.82) is 0 Å². The fraction of sp³-hybridized carbons (Fsp3) is 0.636. The normalized spacial score (nSPS) is 10.4. The van der Waals surface area contributed by atoms with E-state index in [-0.39, 0.29) is 5.91 Å². The van der Waals surface area contributed by atoms with E-state index in [0.29, 0.717) is 10.0 Å². The summed E-state index contributed by atoms with van der Waals surface area (Å²) in [5.74, 6) is 0.0652. The first-order valence-electron chi connectivity index (χ1n) is 5.62. The quantitative estimate of drug-likeness (QED) is 0.860. The lowest BCUT2D eigenvalue weighted by Gasteiger charge is -2.20. The van der Waals surface area contributed by atoms with Crippen molar-refractivity contribution < 1.29 is 4.79 Å². The Labute approximate surface area is 100 Å². The number of thiazole rings is 1. The largest absolute Gasteiger partial charge is 0.375 e. The molecule has 0 aromatic carbocycles. The van der Waals surface area contributed by atoms with E-state index in [2.05, 4.69) is 18.8 Å². The first-order valence-corrected chi connectivity index (χ1v) is 6.44. The van der Waals surface area contributed by atoms with Crippen molar-refractivity contribution in [2.24, 2.45) is 0 Å². The van der Waals surface area contributed by atoms with Gasteiger partial charge in [0.2, 0.25) is 0 Å². The summed E-state index contributed by atoms with van der Waals surface area (Å²) in [4.78, 5) is 18.8. The molecule has 0 saturated heterocycles. The van der Waals surface area contributed by atoms with Gasteiger partial charge < -0.3 is 10.6 Å². The van der Waals surface area contributed by atoms with Crippen LogP contribution in [0.3, 0.4) is 0 Å². The second-order valence-electron chi connectivity index (χ2n) is 3.76. The molecular formula is C11H19N3OS. The number of carbonyl (C=O) groups is 1. The van der Waals surface area contributed by atoms with Gasteiger partial charge in [0.05, 0.1) is 5.69 Å². The highest BCUT2D eigenvalue weighted by Gasteiger charge is 2.19. The molecule has 0 radical (unpaired) electrons. The van der Waals surface area contributed by atoms with Crippen molar-refractivity contribution in [2.45, 2.75) is 33.6 Å². The van der Waals surface area contributed by atoms with Gasteiger partial charge in [0.25, 0.3) is 5.91 Å². The lowest BCUT2D eigenvalue weighted by molar-refractivity contribution is 0.0759. The molecule has 0 bridgehead atoms. The Hall–Kier alpha value is -1.10. The van der Waals surface area contributed by atoms with Crippen LogP contribution in [-0.2, 0) is 0 Å². The fourth-order valence-corrected chi connectivity index (χ4v) is 2.42. The summed E-state index contributed by atoms with van der Waals surface area (Å²) in [6.07, 6.45) is 1.94. The van der Waals surface area contributed by atoms with Gasteiger partial charge in [-0.3, -0.25) is 4.79 Å². The summed E-state index contributed by atoms with van der Waals surface area (Å²) in [5.41, 5.74) is 6.34. The molecule has 1 aromatic rings. The minimum atomic E-state index is 0.0652. The van der Waals surface area contributed by atoms with Crippen LogP contribution in [-0.4, -0.2) is 28.9 Å². The van der Waals surface area contributed by atoms with Gasteiger partial charge in [-0.05, 0) is 19.8 Å². The molecule has 0 aliphatic heterocycles. The first-order chi connectivity index (χ1) is 7.60. The van der Waals surface area contributed by atoms with E-state index >= 15 is 0 Å². The molecule has 0 unspecified atom stereocenters. The van der Waals surface area contributed by atoms with Crippen LogP contribution >= 0.6 is 11.3 Å². The maximum absolute atomic E-state index is 12.2. The van der Waals surface area contributed by atoms with Crippen LogP contribution in [0.15, 0.2) is 0 Å². The number of hydrogen-bond acceptors (Lipinski definition) is 4. The minimum absolute atomic E-state index is 0.0652. The Morgan fingerprint density at radius 3 is 2.31 bits per heavy atom. The molecule has 1 rings (SSSR count). The Morgan fingerprint density at radius 2 is 1.94 bits per heavy atom. The summed E-state index contributed by atoms with van der Waals surface area (Å²) in [6, 6.07) is 0. The Kier molecular flexibility index (Phi) is 4.73. The molecule has 2 N–H and O–H groups in total. The zero-order chi connectivity index (χ0) is 12.1. The van der Waals surface area contributed by atoms with E-state index in [1.165, 1.54) is 11.3 Å². The Morgan fingerprint density at radius 1 is 1.38 bits per heavy atom. The number of anilines is 1. The van der Waals surface area contributed by atoms with Gasteiger partial charge in [-0.25, -0.2) is 4.98 Å². The number of carbonyl (C=O) groups excluding carboxylic acids is 1. The van der Waals surface area contributed by atoms with Crippen molar-refractivity contribution in [2.75, 3.05) is 18.8 Å². The predicted molar refractivity (Wildman–Crippen MR) is 67.7 cm³/mol.